The lowest BCUT2D eigenvalue weighted by atomic mass is 10.0. The summed E-state index contributed by atoms with van der Waals surface area (Å²) in [5.74, 6) is 0.934. The third kappa shape index (κ3) is 5.23. The van der Waals surface area contributed by atoms with Crippen LogP contribution in [0.2, 0.25) is 0 Å². The number of hydrogen-bond donors (Lipinski definition) is 0. The van der Waals surface area contributed by atoms with E-state index in [1.165, 1.54) is 59.4 Å². The number of rotatable bonds is 5. The fraction of sp³-hybridized carbons (Fsp3) is 0. The molecule has 1 aliphatic heterocycles. The summed E-state index contributed by atoms with van der Waals surface area (Å²) in [6.07, 6.45) is 1.95. The minimum atomic E-state index is -2.95. The van der Waals surface area contributed by atoms with E-state index in [0.717, 1.165) is 60.7 Å². The summed E-state index contributed by atoms with van der Waals surface area (Å²) in [4.78, 5) is 7.59. The van der Waals surface area contributed by atoms with Gasteiger partial charge in [-0.3, -0.25) is 4.90 Å². The van der Waals surface area contributed by atoms with Gasteiger partial charge in [0.1, 0.15) is 17.0 Å². The summed E-state index contributed by atoms with van der Waals surface area (Å²) in [6.45, 7) is 0. The molecular formula is C61H39N3OSi. The van der Waals surface area contributed by atoms with Crippen molar-refractivity contribution in [2.45, 2.75) is 0 Å². The van der Waals surface area contributed by atoms with Crippen LogP contribution in [0.1, 0.15) is 0 Å². The van der Waals surface area contributed by atoms with Crippen molar-refractivity contribution in [3.63, 3.8) is 0 Å². The Balaban J connectivity index is 0.995. The number of aromatic nitrogens is 2. The molecule has 5 heteroatoms. The number of fused-ring (bicyclic) bond motifs is 11. The van der Waals surface area contributed by atoms with E-state index in [4.69, 9.17) is 9.40 Å². The molecule has 3 aromatic heterocycles. The van der Waals surface area contributed by atoms with Crippen molar-refractivity contribution in [3.05, 3.63) is 237 Å². The fourth-order valence-corrected chi connectivity index (χ4v) is 16.3. The number of nitrogens with zero attached hydrogens (tertiary/aromatic N) is 3. The van der Waals surface area contributed by atoms with Crippen LogP contribution < -0.4 is 25.6 Å². The van der Waals surface area contributed by atoms with Crippen molar-refractivity contribution >= 4 is 111 Å². The molecular weight excluding hydrogens is 819 g/mol. The Bertz CT molecular complexity index is 4030. The molecule has 0 fully saturated rings. The van der Waals surface area contributed by atoms with Crippen LogP contribution in [-0.2, 0) is 0 Å². The largest absolute Gasteiger partial charge is 0.455 e. The smallest absolute Gasteiger partial charge is 0.184 e. The topological polar surface area (TPSA) is 34.2 Å². The van der Waals surface area contributed by atoms with E-state index in [2.05, 4.69) is 234 Å². The van der Waals surface area contributed by atoms with Gasteiger partial charge in [-0.05, 0) is 109 Å². The maximum Gasteiger partial charge on any atom is 0.184 e. The van der Waals surface area contributed by atoms with Crippen molar-refractivity contribution < 1.29 is 4.42 Å². The Morgan fingerprint density at radius 3 is 1.89 bits per heavy atom. The predicted octanol–water partition coefficient (Wildman–Crippen LogP) is 13.2. The Morgan fingerprint density at radius 1 is 0.394 bits per heavy atom. The summed E-state index contributed by atoms with van der Waals surface area (Å²) >= 11 is 0. The van der Waals surface area contributed by atoms with Gasteiger partial charge in [0.2, 0.25) is 0 Å². The maximum absolute atomic E-state index is 6.44. The van der Waals surface area contributed by atoms with Crippen molar-refractivity contribution in [2.75, 3.05) is 4.90 Å². The molecule has 10 aromatic carbocycles. The van der Waals surface area contributed by atoms with Crippen LogP contribution in [0, 0.1) is 0 Å². The molecule has 1 aliphatic rings. The van der Waals surface area contributed by atoms with Gasteiger partial charge in [0, 0.05) is 55.6 Å². The zero-order chi connectivity index (χ0) is 43.3. The molecule has 0 aliphatic carbocycles. The molecule has 0 spiro atoms. The number of hydrogen-bond acceptors (Lipinski definition) is 3. The lowest BCUT2D eigenvalue weighted by Gasteiger charge is -2.45. The SMILES string of the molecule is c1ccc([Si]2(c3ccccc3)c3ccccc3N(c3nccc4ccccc34)c3ccc(-c4ccc5c(c4)c4ccccc4n5-c4ccc5c(ccc6c7ccccc7oc56)c4)cc32)cc1. The molecule has 0 N–H and O–H groups in total. The highest BCUT2D eigenvalue weighted by Gasteiger charge is 2.49. The molecule has 0 unspecified atom stereocenters. The first kappa shape index (κ1) is 36.9. The number of furan rings is 1. The minimum Gasteiger partial charge on any atom is -0.455 e. The third-order valence-electron chi connectivity index (χ3n) is 14.1. The van der Waals surface area contributed by atoms with Crippen LogP contribution in [-0.4, -0.2) is 17.6 Å². The Labute approximate surface area is 381 Å². The number of pyridine rings is 1. The van der Waals surface area contributed by atoms with Crippen LogP contribution in [0.25, 0.3) is 82.1 Å². The van der Waals surface area contributed by atoms with Gasteiger partial charge in [0.15, 0.2) is 8.07 Å². The van der Waals surface area contributed by atoms with Crippen molar-refractivity contribution in [1.82, 2.24) is 9.55 Å². The van der Waals surface area contributed by atoms with Crippen molar-refractivity contribution in [1.29, 1.82) is 0 Å². The van der Waals surface area contributed by atoms with Crippen LogP contribution in [0.3, 0.4) is 0 Å². The van der Waals surface area contributed by atoms with Gasteiger partial charge in [0.25, 0.3) is 0 Å². The summed E-state index contributed by atoms with van der Waals surface area (Å²) < 4.78 is 8.86. The average molecular weight is 858 g/mol. The molecule has 308 valence electrons. The highest BCUT2D eigenvalue weighted by Crippen LogP contribution is 2.43. The quantitative estimate of drug-likeness (QED) is 0.162. The first-order valence-electron chi connectivity index (χ1n) is 22.6. The van der Waals surface area contributed by atoms with Gasteiger partial charge >= 0.3 is 0 Å². The molecule has 66 heavy (non-hydrogen) atoms. The Morgan fingerprint density at radius 2 is 1.05 bits per heavy atom. The second-order valence-corrected chi connectivity index (χ2v) is 21.2. The predicted molar refractivity (Wildman–Crippen MR) is 278 cm³/mol. The van der Waals surface area contributed by atoms with E-state index < -0.39 is 8.07 Å². The van der Waals surface area contributed by atoms with Crippen LogP contribution >= 0.6 is 0 Å². The lowest BCUT2D eigenvalue weighted by Crippen LogP contribution is -2.77. The average Bonchev–Trinajstić information content (AvgIpc) is 3.94. The van der Waals surface area contributed by atoms with E-state index in [0.29, 0.717) is 0 Å². The highest BCUT2D eigenvalue weighted by atomic mass is 28.3. The van der Waals surface area contributed by atoms with E-state index >= 15 is 0 Å². The van der Waals surface area contributed by atoms with Crippen molar-refractivity contribution in [2.24, 2.45) is 0 Å². The third-order valence-corrected chi connectivity index (χ3v) is 18.9. The first-order chi connectivity index (χ1) is 32.7. The summed E-state index contributed by atoms with van der Waals surface area (Å²) in [5, 5.41) is 14.7. The van der Waals surface area contributed by atoms with Gasteiger partial charge in [-0.25, -0.2) is 4.98 Å². The van der Waals surface area contributed by atoms with Crippen LogP contribution in [0.5, 0.6) is 0 Å². The summed E-state index contributed by atoms with van der Waals surface area (Å²) in [6, 6.07) is 84.8. The van der Waals surface area contributed by atoms with Gasteiger partial charge in [0.05, 0.1) is 11.0 Å². The van der Waals surface area contributed by atoms with Gasteiger partial charge < -0.3 is 8.98 Å². The van der Waals surface area contributed by atoms with Crippen LogP contribution in [0.4, 0.5) is 17.2 Å². The minimum absolute atomic E-state index is 0.915. The monoisotopic (exact) mass is 857 g/mol. The molecule has 0 amide bonds. The number of para-hydroxylation sites is 3. The lowest BCUT2D eigenvalue weighted by molar-refractivity contribution is 0.672. The summed E-state index contributed by atoms with van der Waals surface area (Å²) in [5.41, 5.74) is 10.0. The molecule has 0 saturated heterocycles. The molecule has 13 aromatic rings. The molecule has 0 bridgehead atoms. The normalized spacial score (nSPS) is 13.2. The van der Waals surface area contributed by atoms with Gasteiger partial charge in [-0.15, -0.1) is 0 Å². The molecule has 0 radical (unpaired) electrons. The van der Waals surface area contributed by atoms with Gasteiger partial charge in [-0.2, -0.15) is 0 Å². The maximum atomic E-state index is 6.44. The second-order valence-electron chi connectivity index (χ2n) is 17.5. The zero-order valence-corrected chi connectivity index (χ0v) is 36.8. The standard InChI is InChI=1S/C61H39N3OSi/c1-3-16-45(17-4-1)66(46-18-5-2-6-19-46)58-26-14-12-24-55(58)64(61-48-20-8-7-15-40(48)35-36-62-61)56-34-29-42(39-59(56)66)41-28-33-54-52(38-41)49-21-9-11-23-53(49)63(54)44-30-32-47-43(37-44)27-31-51-50-22-10-13-25-57(50)65-60(47)51/h1-39H. The Kier molecular flexibility index (Phi) is 7.97. The van der Waals surface area contributed by atoms with E-state index in [1.807, 2.05) is 12.3 Å². The summed E-state index contributed by atoms with van der Waals surface area (Å²) in [7, 11) is -2.95. The molecule has 14 rings (SSSR count). The number of benzene rings is 10. The molecule has 4 nitrogen and oxygen atoms in total. The van der Waals surface area contributed by atoms with Crippen LogP contribution in [0.15, 0.2) is 241 Å². The fourth-order valence-electron chi connectivity index (χ4n) is 11.2. The Hall–Kier alpha value is -8.51. The number of anilines is 3. The molecule has 4 heterocycles. The zero-order valence-electron chi connectivity index (χ0n) is 35.8. The van der Waals surface area contributed by atoms with E-state index in [-0.39, 0.29) is 0 Å². The van der Waals surface area contributed by atoms with Crippen molar-refractivity contribution in [3.8, 4) is 16.8 Å². The second kappa shape index (κ2) is 14.2. The van der Waals surface area contributed by atoms with E-state index in [9.17, 15) is 0 Å². The van der Waals surface area contributed by atoms with E-state index in [1.54, 1.807) is 0 Å². The molecule has 0 atom stereocenters. The highest BCUT2D eigenvalue weighted by molar-refractivity contribution is 7.21. The van der Waals surface area contributed by atoms with Gasteiger partial charge in [-0.1, -0.05) is 164 Å². The first-order valence-corrected chi connectivity index (χ1v) is 24.6. The molecule has 0 saturated carbocycles.